The highest BCUT2D eigenvalue weighted by Crippen LogP contribution is 2.65. The van der Waals surface area contributed by atoms with Gasteiger partial charge in [-0.05, 0) is 53.3 Å². The molecule has 0 spiro atoms. The molecular weight excluding hydrogens is 664 g/mol. The van der Waals surface area contributed by atoms with Crippen molar-refractivity contribution in [1.82, 2.24) is 31.5 Å². The van der Waals surface area contributed by atoms with Crippen LogP contribution in [0, 0.1) is 46.3 Å². The van der Waals surface area contributed by atoms with Crippen LogP contribution in [0.2, 0.25) is 0 Å². The van der Waals surface area contributed by atoms with Crippen molar-refractivity contribution in [2.75, 3.05) is 26.2 Å². The second kappa shape index (κ2) is 17.6. The molecule has 1 saturated heterocycles. The van der Waals surface area contributed by atoms with Crippen molar-refractivity contribution >= 4 is 35.6 Å². The first-order valence-corrected chi connectivity index (χ1v) is 18.7. The van der Waals surface area contributed by atoms with Crippen molar-refractivity contribution in [2.45, 2.75) is 125 Å². The van der Waals surface area contributed by atoms with Crippen LogP contribution in [-0.2, 0) is 23.9 Å². The number of fused-ring (bicyclic) bond motifs is 1. The van der Waals surface area contributed by atoms with Crippen molar-refractivity contribution in [3.63, 3.8) is 0 Å². The van der Waals surface area contributed by atoms with Gasteiger partial charge < -0.3 is 36.2 Å². The fourth-order valence-corrected chi connectivity index (χ4v) is 7.66. The molecule has 13 heteroatoms. The summed E-state index contributed by atoms with van der Waals surface area (Å²) in [6.45, 7) is 20.2. The summed E-state index contributed by atoms with van der Waals surface area (Å²) >= 11 is 0. The summed E-state index contributed by atoms with van der Waals surface area (Å²) < 4.78 is 5.46. The van der Waals surface area contributed by atoms with Gasteiger partial charge in [-0.3, -0.25) is 19.2 Å². The lowest BCUT2D eigenvalue weighted by Crippen LogP contribution is -2.63. The van der Waals surface area contributed by atoms with E-state index in [0.29, 0.717) is 25.9 Å². The number of nitrogens with zero attached hydrogens (tertiary/aromatic N) is 1. The molecule has 2 saturated carbocycles. The van der Waals surface area contributed by atoms with Gasteiger partial charge in [0.25, 0.3) is 5.91 Å². The van der Waals surface area contributed by atoms with Gasteiger partial charge in [-0.15, -0.1) is 18.9 Å². The van der Waals surface area contributed by atoms with Gasteiger partial charge in [0.05, 0.1) is 12.1 Å². The number of carbonyl (C=O) groups is 6. The van der Waals surface area contributed by atoms with E-state index in [0.717, 1.165) is 19.3 Å². The zero-order valence-electron chi connectivity index (χ0n) is 32.5. The Bertz CT molecular complexity index is 1390. The Labute approximate surface area is 309 Å². The molecule has 0 aromatic rings. The van der Waals surface area contributed by atoms with Crippen molar-refractivity contribution in [1.29, 1.82) is 0 Å². The summed E-state index contributed by atoms with van der Waals surface area (Å²) in [5.74, 6) is -0.00388. The Morgan fingerprint density at radius 2 is 1.65 bits per heavy atom. The highest BCUT2D eigenvalue weighted by atomic mass is 16.5. The maximum Gasteiger partial charge on any atom is 0.407 e. The van der Waals surface area contributed by atoms with Crippen LogP contribution < -0.4 is 26.6 Å². The van der Waals surface area contributed by atoms with E-state index in [1.165, 1.54) is 6.08 Å². The molecule has 52 heavy (non-hydrogen) atoms. The first-order valence-electron chi connectivity index (χ1n) is 18.7. The Kier molecular flexibility index (Phi) is 14.3. The number of amides is 6. The largest absolute Gasteiger partial charge is 0.447 e. The Hall–Kier alpha value is -4.08. The molecule has 0 radical (unpaired) electrons. The number of urea groups is 1. The van der Waals surface area contributed by atoms with E-state index in [9.17, 15) is 28.8 Å². The molecule has 0 aromatic heterocycles. The number of Topliss-reactive ketones (excluding diaryl/α,β-unsaturated/α-hetero) is 1. The molecule has 0 aromatic carbocycles. The predicted molar refractivity (Wildman–Crippen MR) is 199 cm³/mol. The lowest BCUT2D eigenvalue weighted by molar-refractivity contribution is -0.146. The molecule has 6 unspecified atom stereocenters. The third kappa shape index (κ3) is 10.5. The minimum absolute atomic E-state index is 0.0425. The average Bonchev–Trinajstić information content (AvgIpc) is 3.38. The molecule has 290 valence electrons. The average molecular weight is 727 g/mol. The molecule has 13 nitrogen and oxygen atoms in total. The number of nitrogens with one attached hydrogen (secondary N) is 5. The third-order valence-corrected chi connectivity index (χ3v) is 11.2. The quantitative estimate of drug-likeness (QED) is 0.0917. The Morgan fingerprint density at radius 1 is 1.00 bits per heavy atom. The molecule has 3 rings (SSSR count). The van der Waals surface area contributed by atoms with Gasteiger partial charge in [-0.25, -0.2) is 9.59 Å². The van der Waals surface area contributed by atoms with E-state index in [2.05, 4.69) is 52.9 Å². The second-order valence-corrected chi connectivity index (χ2v) is 17.1. The van der Waals surface area contributed by atoms with Crippen LogP contribution in [0.4, 0.5) is 9.59 Å². The van der Waals surface area contributed by atoms with E-state index in [1.54, 1.807) is 4.90 Å². The number of likely N-dealkylation sites (tertiary alicyclic amines) is 1. The number of ether oxygens (including phenoxy) is 1. The zero-order valence-corrected chi connectivity index (χ0v) is 32.5. The van der Waals surface area contributed by atoms with E-state index in [4.69, 9.17) is 11.2 Å². The number of ketones is 1. The predicted octanol–water partition coefficient (Wildman–Crippen LogP) is 3.67. The van der Waals surface area contributed by atoms with E-state index in [-0.39, 0.29) is 55.1 Å². The number of alkyl carbamates (subject to hydrolysis) is 1. The second-order valence-electron chi connectivity index (χ2n) is 17.1. The van der Waals surface area contributed by atoms with Crippen molar-refractivity contribution in [3.8, 4) is 12.3 Å². The van der Waals surface area contributed by atoms with Crippen LogP contribution >= 0.6 is 0 Å². The Morgan fingerprint density at radius 3 is 2.23 bits per heavy atom. The summed E-state index contributed by atoms with van der Waals surface area (Å²) in [4.78, 5) is 82.3. The van der Waals surface area contributed by atoms with Gasteiger partial charge in [0.15, 0.2) is 0 Å². The smallest absolute Gasteiger partial charge is 0.407 e. The number of terminal acetylenes is 1. The molecule has 0 bridgehead atoms. The van der Waals surface area contributed by atoms with Crippen LogP contribution in [0.25, 0.3) is 0 Å². The Balaban J connectivity index is 1.87. The molecule has 6 atom stereocenters. The molecule has 6 amide bonds. The number of carbonyl (C=O) groups excluding carboxylic acids is 6. The van der Waals surface area contributed by atoms with Crippen molar-refractivity contribution < 1.29 is 33.5 Å². The SMILES string of the molecule is C#CCCC(NC(=O)C1C2C(CN1C(=O)C(NC(=O)NC(COC(=O)NCC(C)C)C(C)(C)C)C1(C)CCCCC1)C2(C)C)C(=O)C(=O)NCC=C. The number of piperidine rings is 1. The molecule has 3 fully saturated rings. The summed E-state index contributed by atoms with van der Waals surface area (Å²) in [5, 5.41) is 13.9. The lowest BCUT2D eigenvalue weighted by atomic mass is 9.70. The molecule has 1 aliphatic heterocycles. The van der Waals surface area contributed by atoms with Crippen LogP contribution in [0.15, 0.2) is 12.7 Å². The van der Waals surface area contributed by atoms with Gasteiger partial charge in [-0.2, -0.15) is 0 Å². The van der Waals surface area contributed by atoms with Crippen LogP contribution in [0.3, 0.4) is 0 Å². The third-order valence-electron chi connectivity index (χ3n) is 11.2. The monoisotopic (exact) mass is 726 g/mol. The number of hydrogen-bond donors (Lipinski definition) is 5. The minimum Gasteiger partial charge on any atom is -0.447 e. The highest BCUT2D eigenvalue weighted by molar-refractivity contribution is 6.38. The molecular formula is C39H62N6O7. The highest BCUT2D eigenvalue weighted by Gasteiger charge is 2.70. The molecule has 1 heterocycles. The zero-order chi connectivity index (χ0) is 39.0. The van der Waals surface area contributed by atoms with Gasteiger partial charge in [0.1, 0.15) is 18.7 Å². The maximum absolute atomic E-state index is 14.8. The topological polar surface area (TPSA) is 175 Å². The summed E-state index contributed by atoms with van der Waals surface area (Å²) in [6.07, 6.45) is 10.8. The summed E-state index contributed by atoms with van der Waals surface area (Å²) in [7, 11) is 0. The number of rotatable bonds is 16. The van der Waals surface area contributed by atoms with Crippen LogP contribution in [0.1, 0.15) is 100 Å². The summed E-state index contributed by atoms with van der Waals surface area (Å²) in [5.41, 5.74) is -1.31. The van der Waals surface area contributed by atoms with Gasteiger partial charge in [0.2, 0.25) is 17.6 Å². The first kappa shape index (κ1) is 42.3. The van der Waals surface area contributed by atoms with Crippen molar-refractivity contribution in [3.05, 3.63) is 12.7 Å². The molecule has 3 aliphatic rings. The maximum atomic E-state index is 14.8. The summed E-state index contributed by atoms with van der Waals surface area (Å²) in [6, 6.07) is -4.20. The van der Waals surface area contributed by atoms with Gasteiger partial charge in [0, 0.05) is 26.1 Å². The van der Waals surface area contributed by atoms with Crippen LogP contribution in [0.5, 0.6) is 0 Å². The normalized spacial score (nSPS) is 23.1. The minimum atomic E-state index is -1.18. The first-order chi connectivity index (χ1) is 24.3. The standard InChI is InChI=1S/C39H62N6O7/c1-11-13-17-26(30(46)33(48)40-20-12-2)42-32(47)29-28-25(38(28,8)9)22-45(29)34(49)31(39(10)18-15-14-16-19-39)44-35(50)43-27(37(5,6)7)23-52-36(51)41-21-24(3)4/h1,12,24-29,31H,2,13-23H2,3-10H3,(H,40,48)(H,41,51)(H,42,47)(H2,43,44,50). The number of hydrogen-bond acceptors (Lipinski definition) is 7. The van der Waals surface area contributed by atoms with Crippen molar-refractivity contribution in [2.24, 2.45) is 34.0 Å². The molecule has 5 N–H and O–H groups in total. The van der Waals surface area contributed by atoms with E-state index < -0.39 is 64.7 Å². The molecule has 2 aliphatic carbocycles. The van der Waals surface area contributed by atoms with Gasteiger partial charge >= 0.3 is 12.1 Å². The van der Waals surface area contributed by atoms with E-state index in [1.807, 2.05) is 41.5 Å². The lowest BCUT2D eigenvalue weighted by Gasteiger charge is -2.43. The fraction of sp³-hybridized carbons (Fsp3) is 0.744. The van der Waals surface area contributed by atoms with Gasteiger partial charge in [-0.1, -0.05) is 80.7 Å². The fourth-order valence-electron chi connectivity index (χ4n) is 7.66. The van der Waals surface area contributed by atoms with Crippen LogP contribution in [-0.4, -0.2) is 90.9 Å². The van der Waals surface area contributed by atoms with E-state index >= 15 is 0 Å².